The van der Waals surface area contributed by atoms with E-state index < -0.39 is 0 Å². The second-order valence-electron chi connectivity index (χ2n) is 3.78. The average molecular weight is 284 g/mol. The number of anilines is 1. The summed E-state index contributed by atoms with van der Waals surface area (Å²) in [4.78, 5) is 0. The molecule has 1 N–H and O–H groups in total. The van der Waals surface area contributed by atoms with Gasteiger partial charge in [0.1, 0.15) is 5.76 Å². The molecule has 2 aromatic heterocycles. The Morgan fingerprint density at radius 1 is 1.50 bits per heavy atom. The van der Waals surface area contributed by atoms with Crippen molar-refractivity contribution in [3.8, 4) is 0 Å². The zero-order valence-corrected chi connectivity index (χ0v) is 11.1. The molecule has 0 fully saturated rings. The summed E-state index contributed by atoms with van der Waals surface area (Å²) in [5.41, 5.74) is 2.14. The number of rotatable bonds is 3. The third-order valence-corrected chi connectivity index (χ3v) is 3.05. The minimum absolute atomic E-state index is 0.120. The zero-order valence-electron chi connectivity index (χ0n) is 9.49. The quantitative estimate of drug-likeness (QED) is 0.940. The smallest absolute Gasteiger partial charge is 0.169 e. The van der Waals surface area contributed by atoms with Gasteiger partial charge in [0.25, 0.3) is 0 Å². The molecule has 0 aromatic carbocycles. The first-order chi connectivity index (χ1) is 7.58. The monoisotopic (exact) mass is 283 g/mol. The minimum atomic E-state index is 0.120. The van der Waals surface area contributed by atoms with E-state index in [-0.39, 0.29) is 6.04 Å². The minimum Gasteiger partial charge on any atom is -0.452 e. The largest absolute Gasteiger partial charge is 0.452 e. The number of halogens is 1. The number of hydrogen-bond acceptors (Lipinski definition) is 3. The highest BCUT2D eigenvalue weighted by Crippen LogP contribution is 2.24. The summed E-state index contributed by atoms with van der Waals surface area (Å²) < 4.78 is 8.08. The first-order valence-electron chi connectivity index (χ1n) is 5.08. The summed E-state index contributed by atoms with van der Waals surface area (Å²) in [6, 6.07) is 3.96. The molecule has 0 aliphatic heterocycles. The second kappa shape index (κ2) is 4.33. The Bertz CT molecular complexity index is 489. The summed E-state index contributed by atoms with van der Waals surface area (Å²) in [6.45, 7) is 4.08. The predicted octanol–water partition coefficient (Wildman–Crippen LogP) is 3.26. The van der Waals surface area contributed by atoms with Gasteiger partial charge < -0.3 is 9.73 Å². The van der Waals surface area contributed by atoms with E-state index in [1.807, 2.05) is 37.0 Å². The highest BCUT2D eigenvalue weighted by Gasteiger charge is 2.12. The topological polar surface area (TPSA) is 43.0 Å². The third-order valence-electron chi connectivity index (χ3n) is 2.63. The van der Waals surface area contributed by atoms with Gasteiger partial charge in [0.15, 0.2) is 4.67 Å². The Balaban J connectivity index is 2.13. The Morgan fingerprint density at radius 3 is 2.75 bits per heavy atom. The number of nitrogens with zero attached hydrogens (tertiary/aromatic N) is 2. The molecular formula is C11H14BrN3O. The molecule has 0 bridgehead atoms. The number of furan rings is 1. The molecule has 0 saturated heterocycles. The fourth-order valence-electron chi connectivity index (χ4n) is 1.51. The van der Waals surface area contributed by atoms with Crippen molar-refractivity contribution in [2.24, 2.45) is 7.05 Å². The Hall–Kier alpha value is -1.23. The molecule has 0 spiro atoms. The molecule has 2 aromatic rings. The van der Waals surface area contributed by atoms with Gasteiger partial charge in [-0.2, -0.15) is 5.10 Å². The lowest BCUT2D eigenvalue weighted by atomic mass is 10.2. The first kappa shape index (κ1) is 11.3. The fraction of sp³-hybridized carbons (Fsp3) is 0.364. The van der Waals surface area contributed by atoms with Crippen LogP contribution in [-0.4, -0.2) is 9.78 Å². The van der Waals surface area contributed by atoms with Gasteiger partial charge in [-0.15, -0.1) is 0 Å². The fourth-order valence-corrected chi connectivity index (χ4v) is 1.82. The molecule has 0 saturated carbocycles. The van der Waals surface area contributed by atoms with E-state index in [0.29, 0.717) is 0 Å². The second-order valence-corrected chi connectivity index (χ2v) is 4.56. The molecule has 0 aliphatic carbocycles. The van der Waals surface area contributed by atoms with Crippen LogP contribution in [0.4, 0.5) is 5.69 Å². The van der Waals surface area contributed by atoms with Crippen molar-refractivity contribution in [3.05, 3.63) is 34.5 Å². The lowest BCUT2D eigenvalue weighted by Crippen LogP contribution is -2.06. The summed E-state index contributed by atoms with van der Waals surface area (Å²) >= 11 is 3.29. The van der Waals surface area contributed by atoms with Gasteiger partial charge in [-0.05, 0) is 41.9 Å². The van der Waals surface area contributed by atoms with E-state index in [1.165, 1.54) is 0 Å². The van der Waals surface area contributed by atoms with Crippen LogP contribution in [0.2, 0.25) is 0 Å². The summed E-state index contributed by atoms with van der Waals surface area (Å²) in [5.74, 6) is 0.898. The molecule has 1 atom stereocenters. The molecule has 0 amide bonds. The maximum absolute atomic E-state index is 5.49. The average Bonchev–Trinajstić information content (AvgIpc) is 2.79. The van der Waals surface area contributed by atoms with Crippen molar-refractivity contribution >= 4 is 21.6 Å². The highest BCUT2D eigenvalue weighted by atomic mass is 79.9. The Kier molecular flexibility index (Phi) is 3.05. The maximum atomic E-state index is 5.49. The molecule has 86 valence electrons. The van der Waals surface area contributed by atoms with Crippen LogP contribution in [0.3, 0.4) is 0 Å². The molecule has 4 nitrogen and oxygen atoms in total. The summed E-state index contributed by atoms with van der Waals surface area (Å²) in [6.07, 6.45) is 1.82. The van der Waals surface area contributed by atoms with Crippen LogP contribution in [0.25, 0.3) is 0 Å². The van der Waals surface area contributed by atoms with Crippen molar-refractivity contribution < 1.29 is 4.42 Å². The Labute approximate surface area is 103 Å². The number of aromatic nitrogens is 2. The molecule has 5 heteroatoms. The molecule has 16 heavy (non-hydrogen) atoms. The van der Waals surface area contributed by atoms with Crippen molar-refractivity contribution in [3.63, 3.8) is 0 Å². The van der Waals surface area contributed by atoms with Crippen LogP contribution >= 0.6 is 15.9 Å². The summed E-state index contributed by atoms with van der Waals surface area (Å²) in [7, 11) is 1.93. The van der Waals surface area contributed by atoms with Gasteiger partial charge in [-0.3, -0.25) is 4.68 Å². The molecule has 1 unspecified atom stereocenters. The Morgan fingerprint density at radius 2 is 2.25 bits per heavy atom. The van der Waals surface area contributed by atoms with E-state index >= 15 is 0 Å². The van der Waals surface area contributed by atoms with Gasteiger partial charge in [0, 0.05) is 7.05 Å². The van der Waals surface area contributed by atoms with E-state index in [0.717, 1.165) is 21.8 Å². The van der Waals surface area contributed by atoms with Crippen LogP contribution in [0, 0.1) is 6.92 Å². The van der Waals surface area contributed by atoms with Crippen LogP contribution < -0.4 is 5.32 Å². The van der Waals surface area contributed by atoms with Crippen molar-refractivity contribution in [1.82, 2.24) is 9.78 Å². The maximum Gasteiger partial charge on any atom is 0.169 e. The van der Waals surface area contributed by atoms with Gasteiger partial charge in [0.05, 0.1) is 23.6 Å². The van der Waals surface area contributed by atoms with E-state index in [1.54, 1.807) is 0 Å². The number of aryl methyl sites for hydroxylation is 1. The van der Waals surface area contributed by atoms with Crippen molar-refractivity contribution in [2.75, 3.05) is 5.32 Å². The van der Waals surface area contributed by atoms with E-state index in [2.05, 4.69) is 33.3 Å². The molecule has 2 rings (SSSR count). The SMILES string of the molecule is Cc1c(NC(C)c2ccc(Br)o2)cnn1C. The van der Waals surface area contributed by atoms with Crippen molar-refractivity contribution in [2.45, 2.75) is 19.9 Å². The van der Waals surface area contributed by atoms with Crippen molar-refractivity contribution in [1.29, 1.82) is 0 Å². The predicted molar refractivity (Wildman–Crippen MR) is 66.4 cm³/mol. The van der Waals surface area contributed by atoms with E-state index in [4.69, 9.17) is 4.42 Å². The van der Waals surface area contributed by atoms with Gasteiger partial charge >= 0.3 is 0 Å². The van der Waals surface area contributed by atoms with Gasteiger partial charge in [-0.25, -0.2) is 0 Å². The third kappa shape index (κ3) is 2.14. The van der Waals surface area contributed by atoms with Gasteiger partial charge in [0.2, 0.25) is 0 Å². The highest BCUT2D eigenvalue weighted by molar-refractivity contribution is 9.10. The van der Waals surface area contributed by atoms with Crippen LogP contribution in [0.5, 0.6) is 0 Å². The van der Waals surface area contributed by atoms with Crippen LogP contribution in [0.15, 0.2) is 27.4 Å². The zero-order chi connectivity index (χ0) is 11.7. The molecular weight excluding hydrogens is 270 g/mol. The molecule has 2 heterocycles. The van der Waals surface area contributed by atoms with E-state index in [9.17, 15) is 0 Å². The number of nitrogens with one attached hydrogen (secondary N) is 1. The molecule has 0 aliphatic rings. The lowest BCUT2D eigenvalue weighted by Gasteiger charge is -2.11. The van der Waals surface area contributed by atoms with Crippen LogP contribution in [0.1, 0.15) is 24.4 Å². The lowest BCUT2D eigenvalue weighted by molar-refractivity contribution is 0.471. The summed E-state index contributed by atoms with van der Waals surface area (Å²) in [5, 5.41) is 7.55. The standard InChI is InChI=1S/C11H14BrN3O/c1-7(10-4-5-11(12)16-10)14-9-6-13-15(3)8(9)2/h4-7,14H,1-3H3. The van der Waals surface area contributed by atoms with Gasteiger partial charge in [-0.1, -0.05) is 0 Å². The number of hydrogen-bond donors (Lipinski definition) is 1. The normalized spacial score (nSPS) is 12.8. The first-order valence-corrected chi connectivity index (χ1v) is 5.87. The molecule has 0 radical (unpaired) electrons. The van der Waals surface area contributed by atoms with Crippen LogP contribution in [-0.2, 0) is 7.05 Å².